The number of tetrazole rings is 1. The Morgan fingerprint density at radius 3 is 2.41 bits per heavy atom. The lowest BCUT2D eigenvalue weighted by atomic mass is 10.1. The molecule has 1 heterocycles. The van der Waals surface area contributed by atoms with E-state index in [2.05, 4.69) is 51.8 Å². The number of rotatable bonds is 3. The molecule has 4 aromatic rings. The Labute approximate surface area is 128 Å². The van der Waals surface area contributed by atoms with Crippen LogP contribution in [0.25, 0.3) is 22.2 Å². The van der Waals surface area contributed by atoms with Gasteiger partial charge in [0.05, 0.1) is 6.54 Å². The molecule has 0 aliphatic carbocycles. The molecule has 4 nitrogen and oxygen atoms in total. The van der Waals surface area contributed by atoms with Crippen molar-refractivity contribution in [2.24, 2.45) is 0 Å². The second-order valence-corrected chi connectivity index (χ2v) is 5.19. The lowest BCUT2D eigenvalue weighted by molar-refractivity contribution is 0.573. The maximum absolute atomic E-state index is 4.48. The average molecular weight is 286 g/mol. The van der Waals surface area contributed by atoms with Gasteiger partial charge in [0.25, 0.3) is 0 Å². The van der Waals surface area contributed by atoms with Crippen molar-refractivity contribution in [2.75, 3.05) is 0 Å². The highest BCUT2D eigenvalue weighted by atomic mass is 15.6. The third-order valence-electron chi connectivity index (χ3n) is 3.63. The van der Waals surface area contributed by atoms with E-state index in [1.807, 2.05) is 36.4 Å². The normalized spacial score (nSPS) is 10.9. The van der Waals surface area contributed by atoms with Crippen molar-refractivity contribution in [2.45, 2.75) is 6.54 Å². The largest absolute Gasteiger partial charge is 0.204 e. The van der Waals surface area contributed by atoms with Gasteiger partial charge in [-0.25, -0.2) is 0 Å². The zero-order valence-electron chi connectivity index (χ0n) is 11.9. The summed E-state index contributed by atoms with van der Waals surface area (Å²) in [5, 5.41) is 15.2. The Kier molecular flexibility index (Phi) is 3.12. The predicted octanol–water partition coefficient (Wildman–Crippen LogP) is 3.54. The lowest BCUT2D eigenvalue weighted by Gasteiger charge is -2.00. The zero-order valence-corrected chi connectivity index (χ0v) is 11.9. The van der Waals surface area contributed by atoms with Gasteiger partial charge in [-0.05, 0) is 27.6 Å². The van der Waals surface area contributed by atoms with Gasteiger partial charge in [0, 0.05) is 5.56 Å². The molecule has 1 aromatic heterocycles. The van der Waals surface area contributed by atoms with E-state index in [0.717, 1.165) is 11.1 Å². The summed E-state index contributed by atoms with van der Waals surface area (Å²) in [5.41, 5.74) is 2.14. The number of aromatic nitrogens is 4. The molecule has 3 aromatic carbocycles. The maximum Gasteiger partial charge on any atom is 0.204 e. The topological polar surface area (TPSA) is 43.6 Å². The molecule has 0 unspecified atom stereocenters. The van der Waals surface area contributed by atoms with Gasteiger partial charge in [0.1, 0.15) is 0 Å². The standard InChI is InChI=1S/C18H14N4/c1-2-6-14(7-3-1)13-22-20-18(19-21-22)17-11-10-15-8-4-5-9-16(15)12-17/h1-12H,13H2. The molecular weight excluding hydrogens is 272 g/mol. The Morgan fingerprint density at radius 1 is 0.773 bits per heavy atom. The number of benzene rings is 3. The minimum Gasteiger partial charge on any atom is -0.159 e. The monoisotopic (exact) mass is 286 g/mol. The third-order valence-corrected chi connectivity index (χ3v) is 3.63. The highest BCUT2D eigenvalue weighted by molar-refractivity contribution is 5.86. The number of nitrogens with zero attached hydrogens (tertiary/aromatic N) is 4. The summed E-state index contributed by atoms with van der Waals surface area (Å²) in [7, 11) is 0. The van der Waals surface area contributed by atoms with E-state index in [1.54, 1.807) is 4.80 Å². The van der Waals surface area contributed by atoms with E-state index in [9.17, 15) is 0 Å². The van der Waals surface area contributed by atoms with Crippen LogP contribution in [0, 0.1) is 0 Å². The molecule has 0 radical (unpaired) electrons. The fourth-order valence-corrected chi connectivity index (χ4v) is 2.50. The summed E-state index contributed by atoms with van der Waals surface area (Å²) >= 11 is 0. The van der Waals surface area contributed by atoms with Crippen molar-refractivity contribution in [3.8, 4) is 11.4 Å². The first-order valence-electron chi connectivity index (χ1n) is 7.19. The first-order valence-corrected chi connectivity index (χ1v) is 7.19. The van der Waals surface area contributed by atoms with Gasteiger partial charge >= 0.3 is 0 Å². The van der Waals surface area contributed by atoms with Crippen molar-refractivity contribution >= 4 is 10.8 Å². The zero-order chi connectivity index (χ0) is 14.8. The van der Waals surface area contributed by atoms with Gasteiger partial charge in [-0.3, -0.25) is 0 Å². The molecule has 0 amide bonds. The van der Waals surface area contributed by atoms with Crippen molar-refractivity contribution < 1.29 is 0 Å². The van der Waals surface area contributed by atoms with E-state index in [0.29, 0.717) is 12.4 Å². The van der Waals surface area contributed by atoms with Crippen molar-refractivity contribution in [1.29, 1.82) is 0 Å². The molecule has 4 rings (SSSR count). The Morgan fingerprint density at radius 2 is 1.55 bits per heavy atom. The van der Waals surface area contributed by atoms with Gasteiger partial charge in [-0.15, -0.1) is 10.2 Å². The van der Waals surface area contributed by atoms with E-state index in [-0.39, 0.29) is 0 Å². The Bertz CT molecular complexity index is 912. The van der Waals surface area contributed by atoms with Gasteiger partial charge in [-0.1, -0.05) is 66.7 Å². The summed E-state index contributed by atoms with van der Waals surface area (Å²) in [4.78, 5) is 1.62. The number of hydrogen-bond donors (Lipinski definition) is 0. The van der Waals surface area contributed by atoms with E-state index >= 15 is 0 Å². The SMILES string of the molecule is c1ccc(Cn2nnc(-c3ccc4ccccc4c3)n2)cc1. The second-order valence-electron chi connectivity index (χ2n) is 5.19. The van der Waals surface area contributed by atoms with Gasteiger partial charge in [-0.2, -0.15) is 4.80 Å². The Balaban J connectivity index is 1.65. The molecule has 0 bridgehead atoms. The average Bonchev–Trinajstić information content (AvgIpc) is 3.04. The van der Waals surface area contributed by atoms with Crippen LogP contribution in [0.3, 0.4) is 0 Å². The van der Waals surface area contributed by atoms with Gasteiger partial charge in [0.2, 0.25) is 5.82 Å². The summed E-state index contributed by atoms with van der Waals surface area (Å²) in [6, 6.07) is 24.6. The molecular formula is C18H14N4. The molecule has 0 N–H and O–H groups in total. The van der Waals surface area contributed by atoms with Crippen molar-refractivity contribution in [3.63, 3.8) is 0 Å². The molecule has 4 heteroatoms. The summed E-state index contributed by atoms with van der Waals surface area (Å²) in [6.07, 6.45) is 0. The van der Waals surface area contributed by atoms with E-state index in [1.165, 1.54) is 10.8 Å². The minimum absolute atomic E-state index is 0.626. The second kappa shape index (κ2) is 5.41. The third kappa shape index (κ3) is 2.46. The smallest absolute Gasteiger partial charge is 0.159 e. The number of hydrogen-bond acceptors (Lipinski definition) is 3. The van der Waals surface area contributed by atoms with Crippen molar-refractivity contribution in [3.05, 3.63) is 78.4 Å². The van der Waals surface area contributed by atoms with Crippen LogP contribution in [0.5, 0.6) is 0 Å². The van der Waals surface area contributed by atoms with Crippen LogP contribution in [-0.2, 0) is 6.54 Å². The van der Waals surface area contributed by atoms with Crippen LogP contribution in [0.4, 0.5) is 0 Å². The molecule has 0 spiro atoms. The van der Waals surface area contributed by atoms with Crippen LogP contribution in [0.15, 0.2) is 72.8 Å². The first kappa shape index (κ1) is 12.7. The predicted molar refractivity (Wildman–Crippen MR) is 86.3 cm³/mol. The van der Waals surface area contributed by atoms with Crippen molar-refractivity contribution in [1.82, 2.24) is 20.2 Å². The van der Waals surface area contributed by atoms with Crippen LogP contribution < -0.4 is 0 Å². The quantitative estimate of drug-likeness (QED) is 0.578. The van der Waals surface area contributed by atoms with Crippen LogP contribution in [0.1, 0.15) is 5.56 Å². The summed E-state index contributed by atoms with van der Waals surface area (Å²) in [5.74, 6) is 0.654. The molecule has 0 aliphatic rings. The lowest BCUT2D eigenvalue weighted by Crippen LogP contribution is -2.03. The molecule has 22 heavy (non-hydrogen) atoms. The highest BCUT2D eigenvalue weighted by Crippen LogP contribution is 2.21. The molecule has 0 atom stereocenters. The minimum atomic E-state index is 0.626. The van der Waals surface area contributed by atoms with Gasteiger partial charge < -0.3 is 0 Å². The molecule has 0 fully saturated rings. The summed E-state index contributed by atoms with van der Waals surface area (Å²) in [6.45, 7) is 0.626. The fraction of sp³-hybridized carbons (Fsp3) is 0.0556. The van der Waals surface area contributed by atoms with Gasteiger partial charge in [0.15, 0.2) is 0 Å². The number of fused-ring (bicyclic) bond motifs is 1. The highest BCUT2D eigenvalue weighted by Gasteiger charge is 2.07. The first-order chi connectivity index (χ1) is 10.9. The molecule has 0 aliphatic heterocycles. The van der Waals surface area contributed by atoms with E-state index in [4.69, 9.17) is 0 Å². The fourth-order valence-electron chi connectivity index (χ4n) is 2.50. The van der Waals surface area contributed by atoms with E-state index < -0.39 is 0 Å². The van der Waals surface area contributed by atoms with Crippen LogP contribution in [0.2, 0.25) is 0 Å². The molecule has 0 saturated heterocycles. The Hall–Kier alpha value is -3.01. The maximum atomic E-state index is 4.48. The summed E-state index contributed by atoms with van der Waals surface area (Å²) < 4.78 is 0. The molecule has 106 valence electrons. The molecule has 0 saturated carbocycles. The van der Waals surface area contributed by atoms with Crippen LogP contribution >= 0.6 is 0 Å². The van der Waals surface area contributed by atoms with Crippen LogP contribution in [-0.4, -0.2) is 20.2 Å².